The standard InChI is InChI=1S/C15H20F3N3O2.HI/c1-9(8-22-2)20-14(19)21-12-7-11(12)10-5-3-4-6-13(10)23-15(16,17)18;/h3-6,9,11-12H,7-8H2,1-2H3,(H3,19,20,21);1H. The Morgan fingerprint density at radius 3 is 2.71 bits per heavy atom. The third kappa shape index (κ3) is 6.34. The van der Waals surface area contributed by atoms with Crippen molar-refractivity contribution in [1.29, 1.82) is 0 Å². The fourth-order valence-corrected chi connectivity index (χ4v) is 2.42. The lowest BCUT2D eigenvalue weighted by Gasteiger charge is -2.14. The Hall–Kier alpha value is -1.23. The highest BCUT2D eigenvalue weighted by atomic mass is 127. The second-order valence-corrected chi connectivity index (χ2v) is 5.51. The molecule has 0 spiro atoms. The Bertz CT molecular complexity index is 569. The minimum Gasteiger partial charge on any atom is -0.405 e. The van der Waals surface area contributed by atoms with Crippen molar-refractivity contribution in [1.82, 2.24) is 5.32 Å². The van der Waals surface area contributed by atoms with Gasteiger partial charge in [-0.1, -0.05) is 18.2 Å². The lowest BCUT2D eigenvalue weighted by atomic mass is 10.1. The van der Waals surface area contributed by atoms with Gasteiger partial charge in [0.2, 0.25) is 0 Å². The molecule has 0 heterocycles. The van der Waals surface area contributed by atoms with Crippen molar-refractivity contribution < 1.29 is 22.6 Å². The van der Waals surface area contributed by atoms with Crippen molar-refractivity contribution in [2.24, 2.45) is 10.7 Å². The summed E-state index contributed by atoms with van der Waals surface area (Å²) in [7, 11) is 1.58. The number of alkyl halides is 3. The smallest absolute Gasteiger partial charge is 0.405 e. The molecule has 24 heavy (non-hydrogen) atoms. The minimum atomic E-state index is -4.71. The lowest BCUT2D eigenvalue weighted by Crippen LogP contribution is -2.40. The van der Waals surface area contributed by atoms with E-state index in [9.17, 15) is 13.2 Å². The molecular weight excluding hydrogens is 438 g/mol. The maximum absolute atomic E-state index is 12.4. The van der Waals surface area contributed by atoms with E-state index in [0.717, 1.165) is 0 Å². The van der Waals surface area contributed by atoms with Gasteiger partial charge in [0, 0.05) is 19.1 Å². The van der Waals surface area contributed by atoms with Crippen molar-refractivity contribution in [2.45, 2.75) is 37.7 Å². The van der Waals surface area contributed by atoms with Crippen LogP contribution in [0.15, 0.2) is 29.3 Å². The quantitative estimate of drug-likeness (QED) is 0.390. The number of halogens is 4. The molecule has 0 aliphatic heterocycles. The molecule has 0 amide bonds. The third-order valence-corrected chi connectivity index (χ3v) is 3.42. The number of methoxy groups -OCH3 is 1. The number of para-hydroxylation sites is 1. The Balaban J connectivity index is 0.00000288. The zero-order valence-corrected chi connectivity index (χ0v) is 15.7. The summed E-state index contributed by atoms with van der Waals surface area (Å²) < 4.78 is 46.4. The van der Waals surface area contributed by atoms with Gasteiger partial charge in [-0.15, -0.1) is 37.1 Å². The van der Waals surface area contributed by atoms with Crippen LogP contribution in [0, 0.1) is 0 Å². The number of nitrogens with one attached hydrogen (secondary N) is 1. The first kappa shape index (κ1) is 20.8. The van der Waals surface area contributed by atoms with E-state index in [-0.39, 0.29) is 53.7 Å². The molecule has 3 atom stereocenters. The van der Waals surface area contributed by atoms with Crippen LogP contribution in [0.5, 0.6) is 5.75 Å². The topological polar surface area (TPSA) is 68.9 Å². The number of hydrogen-bond donors (Lipinski definition) is 2. The Morgan fingerprint density at radius 1 is 1.42 bits per heavy atom. The van der Waals surface area contributed by atoms with Gasteiger partial charge in [0.15, 0.2) is 5.96 Å². The summed E-state index contributed by atoms with van der Waals surface area (Å²) in [6.07, 6.45) is -4.07. The average Bonchev–Trinajstić information content (AvgIpc) is 3.16. The lowest BCUT2D eigenvalue weighted by molar-refractivity contribution is -0.274. The molecular formula is C15H21F3IN3O2. The number of rotatable bonds is 6. The van der Waals surface area contributed by atoms with Crippen LogP contribution >= 0.6 is 24.0 Å². The van der Waals surface area contributed by atoms with Gasteiger partial charge in [0.25, 0.3) is 0 Å². The average molecular weight is 459 g/mol. The van der Waals surface area contributed by atoms with Crippen molar-refractivity contribution >= 4 is 29.9 Å². The van der Waals surface area contributed by atoms with Crippen molar-refractivity contribution in [3.63, 3.8) is 0 Å². The van der Waals surface area contributed by atoms with Gasteiger partial charge in [-0.2, -0.15) is 0 Å². The predicted molar refractivity (Wildman–Crippen MR) is 95.8 cm³/mol. The summed E-state index contributed by atoms with van der Waals surface area (Å²) in [6.45, 7) is 2.37. The SMILES string of the molecule is COCC(C)NC(N)=NC1CC1c1ccccc1OC(F)(F)F.I. The number of nitrogens with two attached hydrogens (primary N) is 1. The van der Waals surface area contributed by atoms with Crippen molar-refractivity contribution in [3.8, 4) is 5.75 Å². The molecule has 1 aliphatic rings. The van der Waals surface area contributed by atoms with Gasteiger partial charge in [0.05, 0.1) is 12.6 Å². The summed E-state index contributed by atoms with van der Waals surface area (Å²) >= 11 is 0. The first-order chi connectivity index (χ1) is 10.8. The molecule has 9 heteroatoms. The van der Waals surface area contributed by atoms with Crippen LogP contribution in [-0.4, -0.2) is 38.1 Å². The zero-order chi connectivity index (χ0) is 17.0. The van der Waals surface area contributed by atoms with E-state index in [1.807, 2.05) is 6.92 Å². The monoisotopic (exact) mass is 459 g/mol. The van der Waals surface area contributed by atoms with Crippen molar-refractivity contribution in [3.05, 3.63) is 29.8 Å². The molecule has 1 aromatic carbocycles. The van der Waals surface area contributed by atoms with Crippen LogP contribution in [0.25, 0.3) is 0 Å². The number of hydrogen-bond acceptors (Lipinski definition) is 3. The Morgan fingerprint density at radius 2 is 2.08 bits per heavy atom. The molecule has 1 aromatic rings. The molecule has 0 saturated heterocycles. The second-order valence-electron chi connectivity index (χ2n) is 5.51. The summed E-state index contributed by atoms with van der Waals surface area (Å²) in [5, 5.41) is 2.97. The predicted octanol–water partition coefficient (Wildman–Crippen LogP) is 3.00. The molecule has 136 valence electrons. The fraction of sp³-hybridized carbons (Fsp3) is 0.533. The third-order valence-electron chi connectivity index (χ3n) is 3.42. The van der Waals surface area contributed by atoms with E-state index >= 15 is 0 Å². The number of benzene rings is 1. The molecule has 0 radical (unpaired) electrons. The van der Waals surface area contributed by atoms with Crippen LogP contribution in [0.3, 0.4) is 0 Å². The molecule has 1 saturated carbocycles. The van der Waals surface area contributed by atoms with E-state index in [2.05, 4.69) is 15.0 Å². The summed E-state index contributed by atoms with van der Waals surface area (Å²) in [4.78, 5) is 4.30. The first-order valence-electron chi connectivity index (χ1n) is 7.23. The van der Waals surface area contributed by atoms with Gasteiger partial charge in [-0.3, -0.25) is 0 Å². The molecule has 3 N–H and O–H groups in total. The summed E-state index contributed by atoms with van der Waals surface area (Å²) in [5.74, 6) is -0.0371. The normalized spacial score (nSPS) is 21.6. The minimum absolute atomic E-state index is 0. The molecule has 1 fully saturated rings. The van der Waals surface area contributed by atoms with E-state index < -0.39 is 6.36 Å². The van der Waals surface area contributed by atoms with Gasteiger partial charge < -0.3 is 20.5 Å². The van der Waals surface area contributed by atoms with E-state index in [4.69, 9.17) is 10.5 Å². The highest BCUT2D eigenvalue weighted by Crippen LogP contribution is 2.47. The van der Waals surface area contributed by atoms with Gasteiger partial charge in [-0.25, -0.2) is 4.99 Å². The molecule has 0 aromatic heterocycles. The van der Waals surface area contributed by atoms with Crippen LogP contribution in [-0.2, 0) is 4.74 Å². The van der Waals surface area contributed by atoms with E-state index in [1.165, 1.54) is 12.1 Å². The van der Waals surface area contributed by atoms with Gasteiger partial charge in [0.1, 0.15) is 5.75 Å². The molecule has 1 aliphatic carbocycles. The summed E-state index contributed by atoms with van der Waals surface area (Å²) in [6, 6.07) is 5.98. The first-order valence-corrected chi connectivity index (χ1v) is 7.23. The molecule has 2 rings (SSSR count). The number of ether oxygens (including phenoxy) is 2. The maximum Gasteiger partial charge on any atom is 0.573 e. The van der Waals surface area contributed by atoms with Crippen LogP contribution in [0.4, 0.5) is 13.2 Å². The maximum atomic E-state index is 12.4. The van der Waals surface area contributed by atoms with Crippen LogP contribution in [0.2, 0.25) is 0 Å². The zero-order valence-electron chi connectivity index (χ0n) is 13.3. The fourth-order valence-electron chi connectivity index (χ4n) is 2.42. The number of nitrogens with zero attached hydrogens (tertiary/aromatic N) is 1. The second kappa shape index (κ2) is 8.75. The molecule has 0 bridgehead atoms. The van der Waals surface area contributed by atoms with Gasteiger partial charge in [-0.05, 0) is 25.0 Å². The molecule has 3 unspecified atom stereocenters. The number of guanidine groups is 1. The summed E-state index contributed by atoms with van der Waals surface area (Å²) in [5.41, 5.74) is 6.29. The van der Waals surface area contributed by atoms with Crippen molar-refractivity contribution in [2.75, 3.05) is 13.7 Å². The Labute approximate surface area is 155 Å². The molecule has 5 nitrogen and oxygen atoms in total. The van der Waals surface area contributed by atoms with E-state index in [1.54, 1.807) is 19.2 Å². The van der Waals surface area contributed by atoms with E-state index in [0.29, 0.717) is 18.6 Å². The Kier molecular flexibility index (Phi) is 7.58. The number of aliphatic imine (C=N–C) groups is 1. The van der Waals surface area contributed by atoms with Crippen LogP contribution < -0.4 is 15.8 Å². The highest BCUT2D eigenvalue weighted by molar-refractivity contribution is 14.0. The van der Waals surface area contributed by atoms with Gasteiger partial charge >= 0.3 is 6.36 Å². The highest BCUT2D eigenvalue weighted by Gasteiger charge is 2.42. The van der Waals surface area contributed by atoms with Crippen LogP contribution in [0.1, 0.15) is 24.8 Å². The largest absolute Gasteiger partial charge is 0.573 e.